The van der Waals surface area contributed by atoms with E-state index < -0.39 is 0 Å². The predicted octanol–water partition coefficient (Wildman–Crippen LogP) is 2.96. The summed E-state index contributed by atoms with van der Waals surface area (Å²) < 4.78 is 5.22. The molecule has 0 atom stereocenters. The van der Waals surface area contributed by atoms with E-state index in [9.17, 15) is 0 Å². The maximum absolute atomic E-state index is 5.22. The molecule has 0 aliphatic heterocycles. The van der Waals surface area contributed by atoms with Gasteiger partial charge in [0.25, 0.3) is 0 Å². The van der Waals surface area contributed by atoms with E-state index in [2.05, 4.69) is 31.0 Å². The third kappa shape index (κ3) is 4.06. The molecule has 5 nitrogen and oxygen atoms in total. The van der Waals surface area contributed by atoms with Gasteiger partial charge in [0.15, 0.2) is 0 Å². The first-order chi connectivity index (χ1) is 10.2. The first-order valence-electron chi connectivity index (χ1n) is 8.07. The molecule has 0 saturated heterocycles. The minimum absolute atomic E-state index is 0.563. The normalized spacial score (nSPS) is 14.3. The van der Waals surface area contributed by atoms with Gasteiger partial charge in [-0.25, -0.2) is 9.97 Å². The van der Waals surface area contributed by atoms with Crippen molar-refractivity contribution in [3.63, 3.8) is 0 Å². The van der Waals surface area contributed by atoms with Crippen LogP contribution < -0.4 is 10.2 Å². The first-order valence-corrected chi connectivity index (χ1v) is 8.07. The second-order valence-corrected chi connectivity index (χ2v) is 5.65. The van der Waals surface area contributed by atoms with E-state index in [1.54, 1.807) is 7.11 Å². The van der Waals surface area contributed by atoms with Crippen molar-refractivity contribution in [2.24, 2.45) is 0 Å². The zero-order valence-electron chi connectivity index (χ0n) is 13.8. The van der Waals surface area contributed by atoms with Crippen molar-refractivity contribution >= 4 is 11.6 Å². The Hall–Kier alpha value is -1.36. The fourth-order valence-electron chi connectivity index (χ4n) is 2.38. The Morgan fingerprint density at radius 1 is 1.29 bits per heavy atom. The van der Waals surface area contributed by atoms with Gasteiger partial charge < -0.3 is 15.0 Å². The molecule has 5 heteroatoms. The summed E-state index contributed by atoms with van der Waals surface area (Å²) in [6.45, 7) is 9.90. The molecule has 118 valence electrons. The van der Waals surface area contributed by atoms with E-state index in [0.29, 0.717) is 12.5 Å². The van der Waals surface area contributed by atoms with Gasteiger partial charge in [0, 0.05) is 38.2 Å². The Balaban J connectivity index is 2.29. The average molecular weight is 292 g/mol. The highest BCUT2D eigenvalue weighted by molar-refractivity contribution is 5.59. The number of likely N-dealkylation sites (N-methyl/N-ethyl adjacent to an activating group) is 1. The number of nitrogens with zero attached hydrogens (tertiary/aromatic N) is 3. The molecule has 0 amide bonds. The molecule has 2 rings (SSSR count). The number of rotatable bonds is 9. The number of ether oxygens (including phenoxy) is 1. The number of hydrogen-bond acceptors (Lipinski definition) is 5. The van der Waals surface area contributed by atoms with Crippen LogP contribution in [0.5, 0.6) is 0 Å². The zero-order valence-corrected chi connectivity index (χ0v) is 13.8. The summed E-state index contributed by atoms with van der Waals surface area (Å²) in [7, 11) is 1.74. The molecule has 1 N–H and O–H groups in total. The van der Waals surface area contributed by atoms with E-state index in [-0.39, 0.29) is 0 Å². The van der Waals surface area contributed by atoms with E-state index in [1.165, 1.54) is 12.8 Å². The van der Waals surface area contributed by atoms with Crippen molar-refractivity contribution in [3.8, 4) is 0 Å². The monoisotopic (exact) mass is 292 g/mol. The van der Waals surface area contributed by atoms with Crippen LogP contribution in [0.2, 0.25) is 0 Å². The molecule has 0 radical (unpaired) electrons. The van der Waals surface area contributed by atoms with Gasteiger partial charge in [-0.2, -0.15) is 0 Å². The van der Waals surface area contributed by atoms with Crippen LogP contribution in [-0.2, 0) is 4.74 Å². The zero-order chi connectivity index (χ0) is 15.2. The van der Waals surface area contributed by atoms with Gasteiger partial charge in [0.1, 0.15) is 17.5 Å². The molecule has 21 heavy (non-hydrogen) atoms. The van der Waals surface area contributed by atoms with Gasteiger partial charge in [-0.1, -0.05) is 6.92 Å². The van der Waals surface area contributed by atoms with E-state index >= 15 is 0 Å². The second-order valence-electron chi connectivity index (χ2n) is 5.65. The van der Waals surface area contributed by atoms with Crippen LogP contribution in [0.3, 0.4) is 0 Å². The summed E-state index contributed by atoms with van der Waals surface area (Å²) in [4.78, 5) is 11.9. The second kappa shape index (κ2) is 7.59. The lowest BCUT2D eigenvalue weighted by molar-refractivity contribution is 0.205. The standard InChI is InChI=1S/C16H28N4O/c1-5-9-17-14-12(3)16(20(6-2)10-11-21-4)19-15(18-14)13-7-8-13/h13H,5-11H2,1-4H3,(H,17,18,19). The van der Waals surface area contributed by atoms with Crippen LogP contribution in [0.4, 0.5) is 11.6 Å². The van der Waals surface area contributed by atoms with Crippen LogP contribution in [0.15, 0.2) is 0 Å². The minimum Gasteiger partial charge on any atom is -0.383 e. The first kappa shape index (κ1) is 16.0. The topological polar surface area (TPSA) is 50.3 Å². The molecule has 0 unspecified atom stereocenters. The molecule has 1 aromatic rings. The number of hydrogen-bond donors (Lipinski definition) is 1. The molecular formula is C16H28N4O. The Kier molecular flexibility index (Phi) is 5.79. The molecule has 1 saturated carbocycles. The lowest BCUT2D eigenvalue weighted by Gasteiger charge is -2.25. The largest absolute Gasteiger partial charge is 0.383 e. The number of nitrogens with one attached hydrogen (secondary N) is 1. The van der Waals surface area contributed by atoms with Gasteiger partial charge in [-0.15, -0.1) is 0 Å². The van der Waals surface area contributed by atoms with Gasteiger partial charge >= 0.3 is 0 Å². The van der Waals surface area contributed by atoms with Crippen molar-refractivity contribution in [1.29, 1.82) is 0 Å². The highest BCUT2D eigenvalue weighted by atomic mass is 16.5. The summed E-state index contributed by atoms with van der Waals surface area (Å²) >= 11 is 0. The van der Waals surface area contributed by atoms with Gasteiger partial charge in [0.2, 0.25) is 0 Å². The van der Waals surface area contributed by atoms with Crippen LogP contribution in [-0.4, -0.2) is 43.3 Å². The molecule has 1 aromatic heterocycles. The van der Waals surface area contributed by atoms with Crippen LogP contribution in [0, 0.1) is 6.92 Å². The average Bonchev–Trinajstić information content (AvgIpc) is 3.32. The molecule has 1 heterocycles. The molecular weight excluding hydrogens is 264 g/mol. The van der Waals surface area contributed by atoms with Gasteiger partial charge in [0.05, 0.1) is 6.61 Å². The fraction of sp³-hybridized carbons (Fsp3) is 0.750. The van der Waals surface area contributed by atoms with Gasteiger partial charge in [-0.05, 0) is 33.1 Å². The van der Waals surface area contributed by atoms with Crippen LogP contribution in [0.25, 0.3) is 0 Å². The number of aromatic nitrogens is 2. The quantitative estimate of drug-likeness (QED) is 0.758. The Morgan fingerprint density at radius 3 is 2.62 bits per heavy atom. The molecule has 1 aliphatic rings. The Morgan fingerprint density at radius 2 is 2.05 bits per heavy atom. The summed E-state index contributed by atoms with van der Waals surface area (Å²) in [6.07, 6.45) is 3.54. The lowest BCUT2D eigenvalue weighted by Crippen LogP contribution is -2.29. The number of anilines is 2. The summed E-state index contributed by atoms with van der Waals surface area (Å²) in [6, 6.07) is 0. The van der Waals surface area contributed by atoms with Crippen LogP contribution in [0.1, 0.15) is 50.4 Å². The molecule has 0 spiro atoms. The van der Waals surface area contributed by atoms with Crippen molar-refractivity contribution in [2.75, 3.05) is 43.6 Å². The van der Waals surface area contributed by atoms with E-state index in [4.69, 9.17) is 14.7 Å². The van der Waals surface area contributed by atoms with Crippen LogP contribution >= 0.6 is 0 Å². The smallest absolute Gasteiger partial charge is 0.137 e. The molecule has 1 fully saturated rings. The summed E-state index contributed by atoms with van der Waals surface area (Å²) in [5, 5.41) is 3.45. The van der Waals surface area contributed by atoms with Crippen molar-refractivity contribution in [1.82, 2.24) is 9.97 Å². The van der Waals surface area contributed by atoms with E-state index in [0.717, 1.165) is 49.1 Å². The Bertz CT molecular complexity index is 460. The minimum atomic E-state index is 0.563. The van der Waals surface area contributed by atoms with Crippen molar-refractivity contribution < 1.29 is 4.74 Å². The lowest BCUT2D eigenvalue weighted by atomic mass is 10.2. The number of methoxy groups -OCH3 is 1. The predicted molar refractivity (Wildman–Crippen MR) is 87.3 cm³/mol. The van der Waals surface area contributed by atoms with Crippen molar-refractivity contribution in [3.05, 3.63) is 11.4 Å². The maximum atomic E-state index is 5.22. The summed E-state index contributed by atoms with van der Waals surface area (Å²) in [5.74, 6) is 3.63. The molecule has 0 aromatic carbocycles. The Labute approximate surface area is 128 Å². The fourth-order valence-corrected chi connectivity index (χ4v) is 2.38. The van der Waals surface area contributed by atoms with Gasteiger partial charge in [-0.3, -0.25) is 0 Å². The highest BCUT2D eigenvalue weighted by Crippen LogP contribution is 2.40. The molecule has 0 bridgehead atoms. The van der Waals surface area contributed by atoms with Crippen molar-refractivity contribution in [2.45, 2.75) is 46.0 Å². The van der Waals surface area contributed by atoms with E-state index in [1.807, 2.05) is 0 Å². The third-order valence-electron chi connectivity index (χ3n) is 3.87. The SMILES string of the molecule is CCCNc1nc(C2CC2)nc(N(CC)CCOC)c1C. The summed E-state index contributed by atoms with van der Waals surface area (Å²) in [5.41, 5.74) is 1.14. The highest BCUT2D eigenvalue weighted by Gasteiger charge is 2.29. The molecule has 1 aliphatic carbocycles. The third-order valence-corrected chi connectivity index (χ3v) is 3.87. The maximum Gasteiger partial charge on any atom is 0.137 e.